The van der Waals surface area contributed by atoms with E-state index < -0.39 is 35.6 Å². The van der Waals surface area contributed by atoms with Gasteiger partial charge < -0.3 is 10.2 Å². The van der Waals surface area contributed by atoms with Gasteiger partial charge in [-0.1, -0.05) is 12.1 Å². The molecule has 3 rings (SSSR count). The number of alkyl halides is 3. The first-order chi connectivity index (χ1) is 13.7. The van der Waals surface area contributed by atoms with Crippen molar-refractivity contribution in [2.75, 3.05) is 26.2 Å². The van der Waals surface area contributed by atoms with Crippen molar-refractivity contribution in [1.82, 2.24) is 20.4 Å². The van der Waals surface area contributed by atoms with E-state index in [1.807, 2.05) is 0 Å². The Morgan fingerprint density at radius 1 is 1.07 bits per heavy atom. The summed E-state index contributed by atoms with van der Waals surface area (Å²) >= 11 is 0. The summed E-state index contributed by atoms with van der Waals surface area (Å²) in [6.45, 7) is 2.67. The van der Waals surface area contributed by atoms with Crippen LogP contribution in [0.15, 0.2) is 24.3 Å². The summed E-state index contributed by atoms with van der Waals surface area (Å²) in [5.74, 6) is -1.14. The van der Waals surface area contributed by atoms with Crippen molar-refractivity contribution in [2.45, 2.75) is 38.0 Å². The van der Waals surface area contributed by atoms with Crippen LogP contribution in [0.2, 0.25) is 0 Å². The maximum absolute atomic E-state index is 13.2. The number of amides is 4. The Kier molecular flexibility index (Phi) is 6.11. The van der Waals surface area contributed by atoms with E-state index in [-0.39, 0.29) is 24.7 Å². The van der Waals surface area contributed by atoms with E-state index in [4.69, 9.17) is 0 Å². The Balaban J connectivity index is 1.55. The van der Waals surface area contributed by atoms with Crippen molar-refractivity contribution in [3.63, 3.8) is 0 Å². The van der Waals surface area contributed by atoms with Gasteiger partial charge in [-0.15, -0.1) is 0 Å². The van der Waals surface area contributed by atoms with Crippen molar-refractivity contribution < 1.29 is 27.6 Å². The van der Waals surface area contributed by atoms with Crippen LogP contribution < -0.4 is 10.6 Å². The number of halogens is 3. The van der Waals surface area contributed by atoms with Gasteiger partial charge in [0.15, 0.2) is 0 Å². The number of urea groups is 1. The molecular formula is C19H23F3N4O3. The summed E-state index contributed by atoms with van der Waals surface area (Å²) in [7, 11) is 0. The lowest BCUT2D eigenvalue weighted by atomic mass is 10.1. The zero-order chi connectivity index (χ0) is 21.2. The topological polar surface area (TPSA) is 81.8 Å². The molecule has 2 fully saturated rings. The number of carbonyl (C=O) groups excluding carboxylic acids is 3. The molecule has 2 aliphatic rings. The molecule has 1 saturated carbocycles. The molecule has 29 heavy (non-hydrogen) atoms. The van der Waals surface area contributed by atoms with E-state index >= 15 is 0 Å². The second-order valence-corrected chi connectivity index (χ2v) is 7.28. The van der Waals surface area contributed by atoms with Crippen molar-refractivity contribution >= 4 is 17.8 Å². The monoisotopic (exact) mass is 412 g/mol. The molecule has 4 amide bonds. The summed E-state index contributed by atoms with van der Waals surface area (Å²) in [6.07, 6.45) is -2.79. The molecule has 0 unspecified atom stereocenters. The Morgan fingerprint density at radius 2 is 1.69 bits per heavy atom. The highest BCUT2D eigenvalue weighted by molar-refractivity contribution is 5.97. The van der Waals surface area contributed by atoms with Crippen LogP contribution >= 0.6 is 0 Å². The van der Waals surface area contributed by atoms with Gasteiger partial charge in [0.2, 0.25) is 5.91 Å². The van der Waals surface area contributed by atoms with Gasteiger partial charge in [-0.05, 0) is 31.9 Å². The van der Waals surface area contributed by atoms with Gasteiger partial charge in [-0.2, -0.15) is 13.2 Å². The molecule has 7 nitrogen and oxygen atoms in total. The fraction of sp³-hybridized carbons (Fsp3) is 0.526. The van der Waals surface area contributed by atoms with Crippen molar-refractivity contribution in [3.05, 3.63) is 35.4 Å². The molecule has 10 heteroatoms. The maximum Gasteiger partial charge on any atom is 0.417 e. The number of nitrogens with zero attached hydrogens (tertiary/aromatic N) is 2. The van der Waals surface area contributed by atoms with E-state index in [1.165, 1.54) is 23.1 Å². The lowest BCUT2D eigenvalue weighted by Crippen LogP contribution is -2.56. The minimum atomic E-state index is -4.61. The number of imide groups is 1. The fourth-order valence-corrected chi connectivity index (χ4v) is 3.23. The number of rotatable bonds is 4. The SMILES string of the molecule is C[C@H](C(=O)NC(=O)NC1CC1)N1CCN(C(=O)c2ccccc2C(F)(F)F)CC1. The number of hydrogen-bond acceptors (Lipinski definition) is 4. The lowest BCUT2D eigenvalue weighted by Gasteiger charge is -2.37. The molecule has 0 spiro atoms. The van der Waals surface area contributed by atoms with Crippen LogP contribution in [0.5, 0.6) is 0 Å². The van der Waals surface area contributed by atoms with Gasteiger partial charge in [0, 0.05) is 32.2 Å². The van der Waals surface area contributed by atoms with E-state index in [0.29, 0.717) is 13.1 Å². The molecule has 0 bridgehead atoms. The van der Waals surface area contributed by atoms with Crippen molar-refractivity contribution in [3.8, 4) is 0 Å². The zero-order valence-corrected chi connectivity index (χ0v) is 16.0. The highest BCUT2D eigenvalue weighted by Gasteiger charge is 2.37. The first kappa shape index (κ1) is 21.1. The Morgan fingerprint density at radius 3 is 2.28 bits per heavy atom. The molecular weight excluding hydrogens is 389 g/mol. The van der Waals surface area contributed by atoms with Crippen LogP contribution in [0, 0.1) is 0 Å². The predicted molar refractivity (Wildman–Crippen MR) is 98.1 cm³/mol. The van der Waals surface area contributed by atoms with Crippen LogP contribution in [0.3, 0.4) is 0 Å². The number of carbonyl (C=O) groups is 3. The molecule has 1 aromatic rings. The summed E-state index contributed by atoms with van der Waals surface area (Å²) in [4.78, 5) is 39.7. The normalized spacial score (nSPS) is 18.8. The molecule has 1 saturated heterocycles. The number of piperazine rings is 1. The first-order valence-electron chi connectivity index (χ1n) is 9.47. The number of nitrogens with one attached hydrogen (secondary N) is 2. The third-order valence-electron chi connectivity index (χ3n) is 5.14. The van der Waals surface area contributed by atoms with Crippen molar-refractivity contribution in [2.24, 2.45) is 0 Å². The Hall–Kier alpha value is -2.62. The lowest BCUT2D eigenvalue weighted by molar-refractivity contribution is -0.138. The number of hydrogen-bond donors (Lipinski definition) is 2. The van der Waals surface area contributed by atoms with Crippen LogP contribution in [0.4, 0.5) is 18.0 Å². The van der Waals surface area contributed by atoms with E-state index in [1.54, 1.807) is 11.8 Å². The molecule has 1 aliphatic carbocycles. The standard InChI is InChI=1S/C19H23F3N4O3/c1-12(16(27)24-18(29)23-13-6-7-13)25-8-10-26(11-9-25)17(28)14-4-2-3-5-15(14)19(20,21)22/h2-5,12-13H,6-11H2,1H3,(H2,23,24,27,29)/t12-/m1/s1. The summed E-state index contributed by atoms with van der Waals surface area (Å²) < 4.78 is 39.5. The van der Waals surface area contributed by atoms with Crippen LogP contribution in [-0.4, -0.2) is 65.9 Å². The molecule has 0 aromatic heterocycles. The summed E-state index contributed by atoms with van der Waals surface area (Å²) in [5, 5.41) is 4.96. The van der Waals surface area contributed by atoms with Crippen LogP contribution in [0.25, 0.3) is 0 Å². The minimum Gasteiger partial charge on any atom is -0.336 e. The Labute approximate surface area is 166 Å². The second-order valence-electron chi connectivity index (χ2n) is 7.28. The fourth-order valence-electron chi connectivity index (χ4n) is 3.23. The predicted octanol–water partition coefficient (Wildman–Crippen LogP) is 1.84. The smallest absolute Gasteiger partial charge is 0.336 e. The van der Waals surface area contributed by atoms with Gasteiger partial charge in [0.25, 0.3) is 5.91 Å². The molecule has 0 radical (unpaired) electrons. The second kappa shape index (κ2) is 8.40. The molecule has 158 valence electrons. The van der Waals surface area contributed by atoms with Gasteiger partial charge in [0.1, 0.15) is 0 Å². The maximum atomic E-state index is 13.2. The molecule has 1 aliphatic heterocycles. The highest BCUT2D eigenvalue weighted by Crippen LogP contribution is 2.32. The third-order valence-corrected chi connectivity index (χ3v) is 5.14. The minimum absolute atomic E-state index is 0.132. The van der Waals surface area contributed by atoms with Crippen molar-refractivity contribution in [1.29, 1.82) is 0 Å². The molecule has 2 N–H and O–H groups in total. The highest BCUT2D eigenvalue weighted by atomic mass is 19.4. The molecule has 1 heterocycles. The quantitative estimate of drug-likeness (QED) is 0.791. The first-order valence-corrected chi connectivity index (χ1v) is 9.47. The molecule has 1 atom stereocenters. The van der Waals surface area contributed by atoms with Crippen LogP contribution in [0.1, 0.15) is 35.7 Å². The zero-order valence-electron chi connectivity index (χ0n) is 16.0. The third kappa shape index (κ3) is 5.26. The average molecular weight is 412 g/mol. The van der Waals surface area contributed by atoms with E-state index in [9.17, 15) is 27.6 Å². The van der Waals surface area contributed by atoms with Crippen LogP contribution in [-0.2, 0) is 11.0 Å². The van der Waals surface area contributed by atoms with Gasteiger partial charge in [-0.3, -0.25) is 19.8 Å². The van der Waals surface area contributed by atoms with E-state index in [0.717, 1.165) is 18.9 Å². The van der Waals surface area contributed by atoms with E-state index in [2.05, 4.69) is 10.6 Å². The summed E-state index contributed by atoms with van der Waals surface area (Å²) in [5.41, 5.74) is -1.34. The van der Waals surface area contributed by atoms with Gasteiger partial charge in [0.05, 0.1) is 17.2 Å². The average Bonchev–Trinajstić information content (AvgIpc) is 3.50. The van der Waals surface area contributed by atoms with Gasteiger partial charge in [-0.25, -0.2) is 4.79 Å². The van der Waals surface area contributed by atoms with Gasteiger partial charge >= 0.3 is 12.2 Å². The summed E-state index contributed by atoms with van der Waals surface area (Å²) in [6, 6.07) is 3.72. The number of benzene rings is 1. The molecule has 1 aromatic carbocycles. The largest absolute Gasteiger partial charge is 0.417 e. The Bertz CT molecular complexity index is 787.